The number of cyclic esters (lactones) is 1. The standard InChI is InChI=1S/C16H23BrFNO3Si/c1-15(2,3)23-22-16(4,5)13-9-19(14(20)21-13)10-6-7-11(17)12(18)8-10/h6-8,13H,9,23H2,1-5H3/t13-/m0/s1. The van der Waals surface area contributed by atoms with E-state index in [1.165, 1.54) is 11.0 Å². The lowest BCUT2D eigenvalue weighted by atomic mass is 10.0. The monoisotopic (exact) mass is 403 g/mol. The van der Waals surface area contributed by atoms with E-state index < -0.39 is 27.3 Å². The van der Waals surface area contributed by atoms with Gasteiger partial charge in [-0.05, 0) is 53.0 Å². The van der Waals surface area contributed by atoms with Crippen LogP contribution in [0.2, 0.25) is 5.04 Å². The minimum absolute atomic E-state index is 0.161. The maximum absolute atomic E-state index is 13.7. The third kappa shape index (κ3) is 4.55. The molecule has 1 heterocycles. The summed E-state index contributed by atoms with van der Waals surface area (Å²) in [5.74, 6) is -0.408. The highest BCUT2D eigenvalue weighted by molar-refractivity contribution is 9.10. The second kappa shape index (κ2) is 6.53. The van der Waals surface area contributed by atoms with Crippen LogP contribution in [0.5, 0.6) is 0 Å². The van der Waals surface area contributed by atoms with Gasteiger partial charge in [0.05, 0.1) is 22.3 Å². The zero-order valence-electron chi connectivity index (χ0n) is 14.2. The molecular formula is C16H23BrFNO3Si. The lowest BCUT2D eigenvalue weighted by Gasteiger charge is -2.33. The lowest BCUT2D eigenvalue weighted by molar-refractivity contribution is -0.0133. The number of carbonyl (C=O) groups is 1. The Morgan fingerprint density at radius 1 is 1.35 bits per heavy atom. The Labute approximate surface area is 147 Å². The summed E-state index contributed by atoms with van der Waals surface area (Å²) in [6.07, 6.45) is -0.845. The van der Waals surface area contributed by atoms with Crippen LogP contribution in [0.4, 0.5) is 14.9 Å². The van der Waals surface area contributed by atoms with E-state index in [0.717, 1.165) is 0 Å². The van der Waals surface area contributed by atoms with E-state index in [-0.39, 0.29) is 11.1 Å². The molecule has 4 nitrogen and oxygen atoms in total. The van der Waals surface area contributed by atoms with Crippen LogP contribution >= 0.6 is 15.9 Å². The van der Waals surface area contributed by atoms with Crippen molar-refractivity contribution in [2.75, 3.05) is 11.4 Å². The molecule has 2 rings (SSSR count). The Bertz CT molecular complexity index is 603. The number of carbonyl (C=O) groups excluding carboxylic acids is 1. The molecule has 0 N–H and O–H groups in total. The number of hydrogen-bond acceptors (Lipinski definition) is 3. The fraction of sp³-hybridized carbons (Fsp3) is 0.562. The summed E-state index contributed by atoms with van der Waals surface area (Å²) in [4.78, 5) is 13.6. The lowest BCUT2D eigenvalue weighted by Crippen LogP contribution is -2.43. The van der Waals surface area contributed by atoms with Gasteiger partial charge < -0.3 is 9.16 Å². The summed E-state index contributed by atoms with van der Waals surface area (Å²) < 4.78 is 25.6. The average molecular weight is 404 g/mol. The first-order chi connectivity index (χ1) is 10.5. The zero-order chi connectivity index (χ0) is 17.4. The van der Waals surface area contributed by atoms with Crippen LogP contribution in [0.15, 0.2) is 22.7 Å². The predicted molar refractivity (Wildman–Crippen MR) is 95.1 cm³/mol. The number of rotatable bonds is 4. The van der Waals surface area contributed by atoms with Crippen LogP contribution in [-0.2, 0) is 9.16 Å². The van der Waals surface area contributed by atoms with Crippen molar-refractivity contribution in [3.63, 3.8) is 0 Å². The predicted octanol–water partition coefficient (Wildman–Crippen LogP) is 4.01. The van der Waals surface area contributed by atoms with Crippen LogP contribution in [-0.4, -0.2) is 34.1 Å². The van der Waals surface area contributed by atoms with Crippen LogP contribution < -0.4 is 4.90 Å². The number of halogens is 2. The SMILES string of the molecule is CC(C)(C)[SiH2]OC(C)(C)[C@@H]1CN(c2ccc(Br)c(F)c2)C(=O)O1. The molecule has 1 amide bonds. The first-order valence-corrected chi connectivity index (χ1v) is 9.64. The molecule has 0 radical (unpaired) electrons. The second-order valence-corrected chi connectivity index (χ2v) is 11.1. The minimum atomic E-state index is -0.773. The second-order valence-electron chi connectivity index (χ2n) is 7.53. The van der Waals surface area contributed by atoms with E-state index in [2.05, 4.69) is 36.7 Å². The highest BCUT2D eigenvalue weighted by atomic mass is 79.9. The maximum atomic E-state index is 13.7. The maximum Gasteiger partial charge on any atom is 0.414 e. The van der Waals surface area contributed by atoms with Gasteiger partial charge in [0.2, 0.25) is 0 Å². The van der Waals surface area contributed by atoms with Gasteiger partial charge in [0, 0.05) is 0 Å². The molecule has 0 bridgehead atoms. The zero-order valence-corrected chi connectivity index (χ0v) is 17.2. The number of ether oxygens (including phenoxy) is 1. The van der Waals surface area contributed by atoms with Gasteiger partial charge in [-0.15, -0.1) is 0 Å². The largest absolute Gasteiger partial charge is 0.441 e. The van der Waals surface area contributed by atoms with Crippen LogP contribution in [0.25, 0.3) is 0 Å². The number of amides is 1. The quantitative estimate of drug-likeness (QED) is 0.712. The van der Waals surface area contributed by atoms with E-state index >= 15 is 0 Å². The molecule has 1 atom stereocenters. The number of hydrogen-bond donors (Lipinski definition) is 0. The van der Waals surface area contributed by atoms with Crippen molar-refractivity contribution >= 4 is 37.5 Å². The highest BCUT2D eigenvalue weighted by Gasteiger charge is 2.43. The van der Waals surface area contributed by atoms with Crippen molar-refractivity contribution in [2.24, 2.45) is 0 Å². The number of benzene rings is 1. The first kappa shape index (κ1) is 18.4. The van der Waals surface area contributed by atoms with Crippen molar-refractivity contribution in [3.8, 4) is 0 Å². The van der Waals surface area contributed by atoms with E-state index in [4.69, 9.17) is 9.16 Å². The Morgan fingerprint density at radius 2 is 2.00 bits per heavy atom. The van der Waals surface area contributed by atoms with Crippen LogP contribution in [0.1, 0.15) is 34.6 Å². The molecule has 0 unspecified atom stereocenters. The van der Waals surface area contributed by atoms with Gasteiger partial charge in [0.25, 0.3) is 0 Å². The van der Waals surface area contributed by atoms with Crippen LogP contribution in [0, 0.1) is 5.82 Å². The van der Waals surface area contributed by atoms with Gasteiger partial charge in [0.1, 0.15) is 11.9 Å². The molecular weight excluding hydrogens is 381 g/mol. The number of nitrogens with zero attached hydrogens (tertiary/aromatic N) is 1. The summed E-state index contributed by atoms with van der Waals surface area (Å²) in [5.41, 5.74) is -0.0697. The Morgan fingerprint density at radius 3 is 2.57 bits per heavy atom. The Balaban J connectivity index is 2.11. The summed E-state index contributed by atoms with van der Waals surface area (Å²) in [6, 6.07) is 4.60. The van der Waals surface area contributed by atoms with Crippen molar-refractivity contribution < 1.29 is 18.3 Å². The molecule has 7 heteroatoms. The van der Waals surface area contributed by atoms with Crippen molar-refractivity contribution in [1.82, 2.24) is 0 Å². The molecule has 0 aliphatic carbocycles. The van der Waals surface area contributed by atoms with Gasteiger partial charge in [-0.25, -0.2) is 9.18 Å². The molecule has 1 aromatic carbocycles. The molecule has 1 aliphatic heterocycles. The molecule has 1 fully saturated rings. The van der Waals surface area contributed by atoms with E-state index in [0.29, 0.717) is 16.7 Å². The van der Waals surface area contributed by atoms with Gasteiger partial charge in [-0.1, -0.05) is 20.8 Å². The van der Waals surface area contributed by atoms with Gasteiger partial charge in [0.15, 0.2) is 9.76 Å². The van der Waals surface area contributed by atoms with E-state index in [9.17, 15) is 9.18 Å². The molecule has 1 aromatic rings. The minimum Gasteiger partial charge on any atom is -0.441 e. The molecule has 0 spiro atoms. The third-order valence-electron chi connectivity index (χ3n) is 3.68. The smallest absolute Gasteiger partial charge is 0.414 e. The summed E-state index contributed by atoms with van der Waals surface area (Å²) >= 11 is 3.11. The summed E-state index contributed by atoms with van der Waals surface area (Å²) in [5, 5.41) is 0.161. The van der Waals surface area contributed by atoms with Gasteiger partial charge >= 0.3 is 6.09 Å². The summed E-state index contributed by atoms with van der Waals surface area (Å²) in [7, 11) is -0.773. The van der Waals surface area contributed by atoms with Crippen molar-refractivity contribution in [2.45, 2.75) is 51.4 Å². The summed E-state index contributed by atoms with van der Waals surface area (Å²) in [6.45, 7) is 10.7. The van der Waals surface area contributed by atoms with Gasteiger partial charge in [-0.3, -0.25) is 4.90 Å². The van der Waals surface area contributed by atoms with Crippen molar-refractivity contribution in [3.05, 3.63) is 28.5 Å². The fourth-order valence-corrected chi connectivity index (χ4v) is 3.42. The molecule has 0 saturated carbocycles. The van der Waals surface area contributed by atoms with Crippen LogP contribution in [0.3, 0.4) is 0 Å². The third-order valence-corrected chi connectivity index (χ3v) is 6.08. The molecule has 23 heavy (non-hydrogen) atoms. The molecule has 1 saturated heterocycles. The fourth-order valence-electron chi connectivity index (χ4n) is 2.18. The molecule has 128 valence electrons. The molecule has 0 aromatic heterocycles. The van der Waals surface area contributed by atoms with Gasteiger partial charge in [-0.2, -0.15) is 0 Å². The Kier molecular flexibility index (Phi) is 5.23. The normalized spacial score (nSPS) is 19.7. The van der Waals surface area contributed by atoms with Crippen molar-refractivity contribution in [1.29, 1.82) is 0 Å². The topological polar surface area (TPSA) is 38.8 Å². The van der Waals surface area contributed by atoms with E-state index in [1.807, 2.05) is 13.8 Å². The Hall–Kier alpha value is -0.923. The van der Waals surface area contributed by atoms with E-state index in [1.54, 1.807) is 12.1 Å². The highest BCUT2D eigenvalue weighted by Crippen LogP contribution is 2.32. The number of anilines is 1. The first-order valence-electron chi connectivity index (χ1n) is 7.57. The average Bonchev–Trinajstić information content (AvgIpc) is 2.82. The molecule has 1 aliphatic rings.